The molecule has 0 aromatic carbocycles. The summed E-state index contributed by atoms with van der Waals surface area (Å²) in [5, 5.41) is 15.9. The van der Waals surface area contributed by atoms with Crippen molar-refractivity contribution in [1.29, 1.82) is 0 Å². The van der Waals surface area contributed by atoms with E-state index in [2.05, 4.69) is 17.2 Å². The molecule has 1 unspecified atom stereocenters. The smallest absolute Gasteiger partial charge is 0.178 e. The third kappa shape index (κ3) is 3.53. The van der Waals surface area contributed by atoms with Crippen molar-refractivity contribution in [2.45, 2.75) is 6.23 Å². The van der Waals surface area contributed by atoms with Gasteiger partial charge in [0.1, 0.15) is 6.23 Å². The molecule has 1 heterocycles. The summed E-state index contributed by atoms with van der Waals surface area (Å²) in [5.41, 5.74) is 0. The molecule has 1 aliphatic heterocycles. The highest BCUT2D eigenvalue weighted by atomic mass is 16.5. The minimum atomic E-state index is -0.469. The molecular weight excluding hydrogens is 182 g/mol. The first kappa shape index (κ1) is 11.3. The van der Waals surface area contributed by atoms with Crippen LogP contribution in [0.5, 0.6) is 0 Å². The summed E-state index contributed by atoms with van der Waals surface area (Å²) < 4.78 is 4.84. The molecule has 0 bridgehead atoms. The highest BCUT2D eigenvalue weighted by Crippen LogP contribution is 1.98. The first-order chi connectivity index (χ1) is 6.74. The maximum atomic E-state index is 9.76. The third-order valence-corrected chi connectivity index (χ3v) is 2.30. The minimum absolute atomic E-state index is 0.451. The molecule has 14 heavy (non-hydrogen) atoms. The molecule has 1 rings (SSSR count). The van der Waals surface area contributed by atoms with Crippen LogP contribution in [-0.4, -0.2) is 56.1 Å². The van der Waals surface area contributed by atoms with Crippen LogP contribution in [0.4, 0.5) is 0 Å². The van der Waals surface area contributed by atoms with Crippen molar-refractivity contribution < 1.29 is 9.84 Å². The van der Waals surface area contributed by atoms with Gasteiger partial charge in [0.2, 0.25) is 0 Å². The van der Waals surface area contributed by atoms with Crippen LogP contribution in [0.25, 0.3) is 0 Å². The van der Waals surface area contributed by atoms with E-state index in [9.17, 15) is 5.11 Å². The van der Waals surface area contributed by atoms with Crippen molar-refractivity contribution in [2.75, 3.05) is 39.8 Å². The lowest BCUT2D eigenvalue weighted by atomic mass is 10.3. The number of hydrogen-bond donors (Lipinski definition) is 3. The Morgan fingerprint density at radius 1 is 1.64 bits per heavy atom. The lowest BCUT2D eigenvalue weighted by molar-refractivity contribution is -0.00310. The lowest BCUT2D eigenvalue weighted by Crippen LogP contribution is -2.51. The number of aliphatic hydroxyl groups excluding tert-OH is 1. The van der Waals surface area contributed by atoms with E-state index in [0.29, 0.717) is 12.4 Å². The van der Waals surface area contributed by atoms with Crippen LogP contribution >= 0.6 is 0 Å². The monoisotopic (exact) mass is 201 g/mol. The van der Waals surface area contributed by atoms with Crippen molar-refractivity contribution in [3.63, 3.8) is 0 Å². The summed E-state index contributed by atoms with van der Waals surface area (Å²) in [5.74, 6) is 0.485. The van der Waals surface area contributed by atoms with E-state index in [1.165, 1.54) is 0 Å². The van der Waals surface area contributed by atoms with Gasteiger partial charge in [0.15, 0.2) is 5.88 Å². The molecular formula is C9H19N3O2. The Hall–Kier alpha value is -0.780. The van der Waals surface area contributed by atoms with Gasteiger partial charge in [-0.25, -0.2) is 0 Å². The van der Waals surface area contributed by atoms with Gasteiger partial charge in [-0.1, -0.05) is 0 Å². The summed E-state index contributed by atoms with van der Waals surface area (Å²) in [7, 11) is 1.55. The molecule has 1 atom stereocenters. The largest absolute Gasteiger partial charge is 0.483 e. The molecule has 0 aromatic rings. The average molecular weight is 201 g/mol. The SMILES string of the molecule is C=C(NCC(O)N1CCNCC1)OC. The van der Waals surface area contributed by atoms with E-state index in [-0.39, 0.29) is 0 Å². The van der Waals surface area contributed by atoms with Crippen LogP contribution in [0.2, 0.25) is 0 Å². The van der Waals surface area contributed by atoms with E-state index >= 15 is 0 Å². The van der Waals surface area contributed by atoms with Crippen LogP contribution in [0.15, 0.2) is 12.5 Å². The molecule has 1 saturated heterocycles. The molecule has 1 fully saturated rings. The van der Waals surface area contributed by atoms with Gasteiger partial charge in [0.05, 0.1) is 13.7 Å². The van der Waals surface area contributed by atoms with Crippen molar-refractivity contribution >= 4 is 0 Å². The maximum Gasteiger partial charge on any atom is 0.178 e. The zero-order chi connectivity index (χ0) is 10.4. The van der Waals surface area contributed by atoms with Crippen molar-refractivity contribution in [1.82, 2.24) is 15.5 Å². The van der Waals surface area contributed by atoms with E-state index in [1.54, 1.807) is 7.11 Å². The van der Waals surface area contributed by atoms with Crippen molar-refractivity contribution in [3.8, 4) is 0 Å². The van der Waals surface area contributed by atoms with E-state index in [4.69, 9.17) is 4.74 Å². The topological polar surface area (TPSA) is 56.8 Å². The van der Waals surface area contributed by atoms with Crippen LogP contribution < -0.4 is 10.6 Å². The number of hydrogen-bond acceptors (Lipinski definition) is 5. The first-order valence-electron chi connectivity index (χ1n) is 4.83. The fraction of sp³-hybridized carbons (Fsp3) is 0.778. The molecule has 5 nitrogen and oxygen atoms in total. The number of aliphatic hydroxyl groups is 1. The molecule has 82 valence electrons. The molecule has 0 spiro atoms. The average Bonchev–Trinajstić information content (AvgIpc) is 2.26. The quantitative estimate of drug-likeness (QED) is 0.494. The Labute approximate surface area is 84.7 Å². The van der Waals surface area contributed by atoms with E-state index in [1.807, 2.05) is 4.90 Å². The van der Waals surface area contributed by atoms with E-state index in [0.717, 1.165) is 26.2 Å². The third-order valence-electron chi connectivity index (χ3n) is 2.30. The molecule has 5 heteroatoms. The fourth-order valence-electron chi connectivity index (χ4n) is 1.39. The number of methoxy groups -OCH3 is 1. The predicted octanol–water partition coefficient (Wildman–Crippen LogP) is -1.08. The molecule has 0 aromatic heterocycles. The maximum absolute atomic E-state index is 9.76. The van der Waals surface area contributed by atoms with Crippen LogP contribution in [0.3, 0.4) is 0 Å². The number of ether oxygens (including phenoxy) is 1. The van der Waals surface area contributed by atoms with Crippen molar-refractivity contribution in [2.24, 2.45) is 0 Å². The summed E-state index contributed by atoms with van der Waals surface area (Å²) in [6, 6.07) is 0. The Balaban J connectivity index is 2.19. The van der Waals surface area contributed by atoms with Gasteiger partial charge in [-0.05, 0) is 6.58 Å². The van der Waals surface area contributed by atoms with Crippen LogP contribution in [0.1, 0.15) is 0 Å². The molecule has 0 saturated carbocycles. The molecule has 3 N–H and O–H groups in total. The van der Waals surface area contributed by atoms with Gasteiger partial charge >= 0.3 is 0 Å². The number of piperazine rings is 1. The van der Waals surface area contributed by atoms with Gasteiger partial charge in [0.25, 0.3) is 0 Å². The van der Waals surface area contributed by atoms with Gasteiger partial charge in [0, 0.05) is 26.2 Å². The van der Waals surface area contributed by atoms with Gasteiger partial charge in [-0.15, -0.1) is 0 Å². The van der Waals surface area contributed by atoms with E-state index < -0.39 is 6.23 Å². The van der Waals surface area contributed by atoms with Crippen molar-refractivity contribution in [3.05, 3.63) is 12.5 Å². The first-order valence-corrected chi connectivity index (χ1v) is 4.83. The van der Waals surface area contributed by atoms with Gasteiger partial charge < -0.3 is 20.5 Å². The Morgan fingerprint density at radius 3 is 2.86 bits per heavy atom. The zero-order valence-corrected chi connectivity index (χ0v) is 8.62. The second-order valence-corrected chi connectivity index (χ2v) is 3.27. The lowest BCUT2D eigenvalue weighted by Gasteiger charge is -2.31. The highest BCUT2D eigenvalue weighted by molar-refractivity contribution is 4.80. The van der Waals surface area contributed by atoms with Crippen LogP contribution in [-0.2, 0) is 4.74 Å². The number of nitrogens with one attached hydrogen (secondary N) is 2. The second-order valence-electron chi connectivity index (χ2n) is 3.27. The minimum Gasteiger partial charge on any atom is -0.483 e. The highest BCUT2D eigenvalue weighted by Gasteiger charge is 2.17. The number of nitrogens with zero attached hydrogens (tertiary/aromatic N) is 1. The summed E-state index contributed by atoms with van der Waals surface area (Å²) in [4.78, 5) is 2.02. The zero-order valence-electron chi connectivity index (χ0n) is 8.62. The number of rotatable bonds is 5. The second kappa shape index (κ2) is 5.85. The Morgan fingerprint density at radius 2 is 2.29 bits per heavy atom. The molecule has 0 amide bonds. The molecule has 0 radical (unpaired) electrons. The Kier molecular flexibility index (Phi) is 4.72. The Bertz CT molecular complexity index is 181. The summed E-state index contributed by atoms with van der Waals surface area (Å²) in [6.45, 7) is 7.69. The predicted molar refractivity (Wildman–Crippen MR) is 54.6 cm³/mol. The van der Waals surface area contributed by atoms with Crippen LogP contribution in [0, 0.1) is 0 Å². The molecule has 0 aliphatic carbocycles. The summed E-state index contributed by atoms with van der Waals surface area (Å²) >= 11 is 0. The van der Waals surface area contributed by atoms with Gasteiger partial charge in [-0.3, -0.25) is 4.90 Å². The normalized spacial score (nSPS) is 20.1. The molecule has 1 aliphatic rings. The van der Waals surface area contributed by atoms with Gasteiger partial charge in [-0.2, -0.15) is 0 Å². The fourth-order valence-corrected chi connectivity index (χ4v) is 1.39. The summed E-state index contributed by atoms with van der Waals surface area (Å²) in [6.07, 6.45) is -0.469. The standard InChI is InChI=1S/C9H19N3O2/c1-8(14-2)11-7-9(13)12-5-3-10-4-6-12/h9-11,13H,1,3-7H2,2H3.